The molecule has 4 rings (SSSR count). The molecule has 4 aliphatic rings. The molecule has 7 heteroatoms. The maximum Gasteiger partial charge on any atom is 0.188 e. The van der Waals surface area contributed by atoms with Gasteiger partial charge in [-0.1, -0.05) is 0 Å². The van der Waals surface area contributed by atoms with Crippen LogP contribution in [0.25, 0.3) is 22.5 Å². The Morgan fingerprint density at radius 3 is 1.54 bits per heavy atom. The number of aromatic hydroxyl groups is 2. The summed E-state index contributed by atoms with van der Waals surface area (Å²) in [6.07, 6.45) is 3.46. The van der Waals surface area contributed by atoms with Crippen LogP contribution in [0.2, 0.25) is 0 Å². The smallest absolute Gasteiger partial charge is 0.188 e. The molecule has 0 fully saturated rings. The summed E-state index contributed by atoms with van der Waals surface area (Å²) in [5.41, 5.74) is 1.23. The van der Waals surface area contributed by atoms with Crippen LogP contribution in [0.5, 0.6) is 11.5 Å². The third-order valence-corrected chi connectivity index (χ3v) is 4.25. The first-order valence-corrected chi connectivity index (χ1v) is 7.68. The average Bonchev–Trinajstić information content (AvgIpc) is 2.62. The fraction of sp³-hybridized carbons (Fsp3) is 0.0526. The summed E-state index contributed by atoms with van der Waals surface area (Å²) in [7, 11) is 0. The standard InChI is InChI=1S/C19H14N2O4.Zn/c22-14-5-7-16(24)18-12(14)3-1-9-20(18)11-21-10-2-4-13-15(23)6-8-17(25)19(13)21;/h1-10,24-25H,11H2;. The molecule has 0 radical (unpaired) electrons. The Balaban J connectivity index is 0.00000196. The second kappa shape index (κ2) is 6.77. The number of benzene rings is 2. The number of nitrogens with zero attached hydrogens (tertiary/aromatic N) is 2. The van der Waals surface area contributed by atoms with Crippen molar-refractivity contribution in [1.29, 1.82) is 0 Å². The van der Waals surface area contributed by atoms with Crippen LogP contribution in [0.1, 0.15) is 0 Å². The predicted octanol–water partition coefficient (Wildman–Crippen LogP) is 2.13. The summed E-state index contributed by atoms with van der Waals surface area (Å²) in [6.45, 7) is 0.211. The van der Waals surface area contributed by atoms with E-state index >= 15 is 0 Å². The van der Waals surface area contributed by atoms with Gasteiger partial charge in [-0.2, -0.15) is 0 Å². The molecule has 26 heavy (non-hydrogen) atoms. The first-order chi connectivity index (χ1) is 12.1. The van der Waals surface area contributed by atoms with Crippen LogP contribution in [0.4, 0.5) is 0 Å². The number of rotatable bonds is 2. The number of aromatic nitrogens is 2. The van der Waals surface area contributed by atoms with Crippen molar-refractivity contribution >= 4 is 0 Å². The SMILES string of the molecule is O=c1ccc(O)c2n(Cn3cccc4c(=O)ccc(O)c3-4)cccc1-2.[Zn]. The van der Waals surface area contributed by atoms with Gasteiger partial charge in [0.1, 0.15) is 11.5 Å². The van der Waals surface area contributed by atoms with Crippen LogP contribution in [0, 0.1) is 0 Å². The van der Waals surface area contributed by atoms with Crippen LogP contribution in [-0.2, 0) is 26.1 Å². The summed E-state index contributed by atoms with van der Waals surface area (Å²) >= 11 is 0. The van der Waals surface area contributed by atoms with Crippen LogP contribution in [0.3, 0.4) is 0 Å². The van der Waals surface area contributed by atoms with Gasteiger partial charge in [-0.15, -0.1) is 0 Å². The minimum atomic E-state index is -0.185. The molecular formula is C19H14N2O4Zn. The van der Waals surface area contributed by atoms with E-state index in [2.05, 4.69) is 0 Å². The van der Waals surface area contributed by atoms with Crippen molar-refractivity contribution in [2.75, 3.05) is 0 Å². The van der Waals surface area contributed by atoms with Crippen molar-refractivity contribution in [1.82, 2.24) is 9.13 Å². The summed E-state index contributed by atoms with van der Waals surface area (Å²) in [4.78, 5) is 24.1. The molecule has 0 unspecified atom stereocenters. The van der Waals surface area contributed by atoms with Crippen LogP contribution in [0.15, 0.2) is 70.5 Å². The van der Waals surface area contributed by atoms with Gasteiger partial charge in [0, 0.05) is 43.0 Å². The molecule has 0 aromatic heterocycles. The number of pyridine rings is 2. The van der Waals surface area contributed by atoms with Crippen LogP contribution in [-0.4, -0.2) is 19.3 Å². The van der Waals surface area contributed by atoms with Gasteiger partial charge >= 0.3 is 0 Å². The summed E-state index contributed by atoms with van der Waals surface area (Å²) in [5.74, 6) is -0.0189. The first-order valence-electron chi connectivity index (χ1n) is 7.68. The van der Waals surface area contributed by atoms with Gasteiger partial charge in [0.05, 0.1) is 18.1 Å². The Kier molecular flexibility index (Phi) is 4.66. The van der Waals surface area contributed by atoms with Gasteiger partial charge in [-0.25, -0.2) is 0 Å². The topological polar surface area (TPSA) is 84.5 Å². The molecule has 0 atom stereocenters. The van der Waals surface area contributed by atoms with Crippen LogP contribution >= 0.6 is 0 Å². The Morgan fingerprint density at radius 1 is 0.692 bits per heavy atom. The zero-order chi connectivity index (χ0) is 17.6. The second-order valence-corrected chi connectivity index (χ2v) is 5.79. The third kappa shape index (κ3) is 2.80. The maximum atomic E-state index is 12.0. The normalized spacial score (nSPS) is 10.8. The van der Waals surface area contributed by atoms with Gasteiger partial charge in [0.25, 0.3) is 0 Å². The van der Waals surface area contributed by atoms with Crippen LogP contribution < -0.4 is 10.9 Å². The molecule has 0 aromatic carbocycles. The molecule has 0 amide bonds. The van der Waals surface area contributed by atoms with E-state index in [-0.39, 0.29) is 48.5 Å². The Labute approximate surface area is 161 Å². The number of phenols is 2. The van der Waals surface area contributed by atoms with E-state index in [9.17, 15) is 19.8 Å². The molecule has 0 aromatic rings. The van der Waals surface area contributed by atoms with Crippen molar-refractivity contribution < 1.29 is 29.7 Å². The monoisotopic (exact) mass is 398 g/mol. The Morgan fingerprint density at radius 2 is 1.12 bits per heavy atom. The molecule has 0 saturated carbocycles. The molecule has 2 heterocycles. The van der Waals surface area contributed by atoms with Crippen molar-refractivity contribution in [3.63, 3.8) is 0 Å². The maximum absolute atomic E-state index is 12.0. The molecule has 0 bridgehead atoms. The van der Waals surface area contributed by atoms with Crippen molar-refractivity contribution in [3.8, 4) is 34.0 Å². The number of phenolic OH excluding ortho intramolecular Hbond substituents is 2. The molecule has 126 valence electrons. The van der Waals surface area contributed by atoms with Crippen molar-refractivity contribution in [2.24, 2.45) is 0 Å². The van der Waals surface area contributed by atoms with E-state index in [0.717, 1.165) is 0 Å². The minimum absolute atomic E-state index is 0. The molecular weight excluding hydrogens is 386 g/mol. The third-order valence-electron chi connectivity index (χ3n) is 4.25. The van der Waals surface area contributed by atoms with Gasteiger partial charge in [0.2, 0.25) is 0 Å². The molecule has 2 aliphatic heterocycles. The fourth-order valence-corrected chi connectivity index (χ4v) is 3.12. The molecule has 6 nitrogen and oxygen atoms in total. The number of hydrogen-bond acceptors (Lipinski definition) is 4. The van der Waals surface area contributed by atoms with E-state index in [4.69, 9.17) is 0 Å². The van der Waals surface area contributed by atoms with Gasteiger partial charge in [0.15, 0.2) is 10.9 Å². The Bertz CT molecular complexity index is 1060. The second-order valence-electron chi connectivity index (χ2n) is 5.79. The molecule has 0 saturated heterocycles. The van der Waals surface area contributed by atoms with E-state index in [1.807, 2.05) is 0 Å². The van der Waals surface area contributed by atoms with E-state index in [1.165, 1.54) is 24.3 Å². The quantitative estimate of drug-likeness (QED) is 0.506. The van der Waals surface area contributed by atoms with Crippen molar-refractivity contribution in [2.45, 2.75) is 6.67 Å². The Hall–Kier alpha value is -2.92. The van der Waals surface area contributed by atoms with Gasteiger partial charge < -0.3 is 19.3 Å². The number of hydrogen-bond donors (Lipinski definition) is 2. The average molecular weight is 400 g/mol. The van der Waals surface area contributed by atoms with E-state index in [1.54, 1.807) is 45.8 Å². The van der Waals surface area contributed by atoms with E-state index < -0.39 is 0 Å². The summed E-state index contributed by atoms with van der Waals surface area (Å²) in [6, 6.07) is 12.1. The largest absolute Gasteiger partial charge is 0.506 e. The zero-order valence-corrected chi connectivity index (χ0v) is 16.8. The first kappa shape index (κ1) is 17.9. The van der Waals surface area contributed by atoms with Gasteiger partial charge in [-0.05, 0) is 48.5 Å². The zero-order valence-electron chi connectivity index (χ0n) is 13.8. The minimum Gasteiger partial charge on any atom is -0.506 e. The summed E-state index contributed by atoms with van der Waals surface area (Å²) < 4.78 is 3.39. The predicted molar refractivity (Wildman–Crippen MR) is 93.4 cm³/mol. The molecule has 0 spiro atoms. The van der Waals surface area contributed by atoms with Gasteiger partial charge in [-0.3, -0.25) is 9.59 Å². The molecule has 2 aliphatic carbocycles. The van der Waals surface area contributed by atoms with E-state index in [0.29, 0.717) is 22.5 Å². The molecule has 2 N–H and O–H groups in total. The summed E-state index contributed by atoms with van der Waals surface area (Å²) in [5, 5.41) is 20.4. The van der Waals surface area contributed by atoms with Crippen molar-refractivity contribution in [3.05, 3.63) is 81.4 Å². The number of fused-ring (bicyclic) bond motifs is 2. The fourth-order valence-electron chi connectivity index (χ4n) is 3.12.